The Bertz CT molecular complexity index is 425. The van der Waals surface area contributed by atoms with Crippen LogP contribution in [0.15, 0.2) is 24.3 Å². The lowest BCUT2D eigenvalue weighted by molar-refractivity contribution is 0.591. The molecule has 0 amide bonds. The maximum atomic E-state index is 11.5. The monoisotopic (exact) mass is 197 g/mol. The van der Waals surface area contributed by atoms with Crippen LogP contribution in [-0.4, -0.2) is 21.2 Å². The molecule has 0 aromatic heterocycles. The molecule has 0 saturated carbocycles. The number of nitrogens with zero attached hydrogens (tertiary/aromatic N) is 1. The quantitative estimate of drug-likeness (QED) is 0.622. The summed E-state index contributed by atoms with van der Waals surface area (Å²) in [5.74, 6) is 0.223. The summed E-state index contributed by atoms with van der Waals surface area (Å²) in [6.45, 7) is 0. The first-order valence-electron chi connectivity index (χ1n) is 4.16. The largest absolute Gasteiger partial charge is 0.273 e. The molecule has 1 aromatic carbocycles. The van der Waals surface area contributed by atoms with Gasteiger partial charge in [0.25, 0.3) is 0 Å². The molecule has 70 valence electrons. The van der Waals surface area contributed by atoms with E-state index in [9.17, 15) is 8.42 Å². The zero-order valence-corrected chi connectivity index (χ0v) is 8.21. The molecule has 0 aliphatic carbocycles. The minimum absolute atomic E-state index is 0.223. The zero-order chi connectivity index (χ0) is 9.47. The Labute approximate surface area is 78.0 Å². The summed E-state index contributed by atoms with van der Waals surface area (Å²) in [5.41, 5.74) is 1.92. The van der Waals surface area contributed by atoms with Crippen LogP contribution < -0.4 is 4.31 Å². The van der Waals surface area contributed by atoms with E-state index < -0.39 is 10.0 Å². The number of hydrogen-bond acceptors (Lipinski definition) is 2. The van der Waals surface area contributed by atoms with Crippen molar-refractivity contribution in [1.29, 1.82) is 0 Å². The summed E-state index contributed by atoms with van der Waals surface area (Å²) in [4.78, 5) is 0. The van der Waals surface area contributed by atoms with Crippen LogP contribution in [0, 0.1) is 0 Å². The third-order valence-electron chi connectivity index (χ3n) is 2.38. The van der Waals surface area contributed by atoms with Crippen LogP contribution in [0.25, 0.3) is 0 Å². The van der Waals surface area contributed by atoms with Gasteiger partial charge in [-0.15, -0.1) is 0 Å². The van der Waals surface area contributed by atoms with Gasteiger partial charge >= 0.3 is 0 Å². The number of fused-ring (bicyclic) bond motifs is 1. The lowest BCUT2D eigenvalue weighted by Crippen LogP contribution is -2.34. The Morgan fingerprint density at radius 2 is 2.00 bits per heavy atom. The number of rotatable bonds is 0. The molecular weight excluding hydrogens is 186 g/mol. The van der Waals surface area contributed by atoms with Gasteiger partial charge in [-0.3, -0.25) is 4.31 Å². The number of hydrogen-bond donors (Lipinski definition) is 0. The fourth-order valence-electron chi connectivity index (χ4n) is 1.56. The van der Waals surface area contributed by atoms with Gasteiger partial charge in [0.15, 0.2) is 0 Å². The molecule has 1 heterocycles. The van der Waals surface area contributed by atoms with Crippen molar-refractivity contribution < 1.29 is 8.42 Å². The second kappa shape index (κ2) is 2.73. The van der Waals surface area contributed by atoms with Gasteiger partial charge in [-0.1, -0.05) is 18.2 Å². The van der Waals surface area contributed by atoms with Gasteiger partial charge in [0.05, 0.1) is 11.4 Å². The second-order valence-corrected chi connectivity index (χ2v) is 5.28. The summed E-state index contributed by atoms with van der Waals surface area (Å²) < 4.78 is 24.3. The van der Waals surface area contributed by atoms with Gasteiger partial charge in [-0.05, 0) is 18.1 Å². The lowest BCUT2D eigenvalue weighted by Gasteiger charge is -2.26. The molecule has 1 aliphatic rings. The first-order chi connectivity index (χ1) is 6.11. The Kier molecular flexibility index (Phi) is 1.80. The maximum Gasteiger partial charge on any atom is 0.235 e. The van der Waals surface area contributed by atoms with Crippen LogP contribution in [0.4, 0.5) is 5.69 Å². The standard InChI is InChI=1S/C9H11NO2S/c1-10-9-5-3-2-4-8(9)6-7-13(10,11)12/h2-5H,6-7H2,1H3. The minimum Gasteiger partial charge on any atom is -0.273 e. The van der Waals surface area contributed by atoms with Crippen LogP contribution in [0.3, 0.4) is 0 Å². The fourth-order valence-corrected chi connectivity index (χ4v) is 2.78. The molecule has 0 saturated heterocycles. The third-order valence-corrected chi connectivity index (χ3v) is 4.13. The number of sulfonamides is 1. The lowest BCUT2D eigenvalue weighted by atomic mass is 10.1. The van der Waals surface area contributed by atoms with Gasteiger partial charge < -0.3 is 0 Å². The summed E-state index contributed by atoms with van der Waals surface area (Å²) in [6.07, 6.45) is 0.628. The zero-order valence-electron chi connectivity index (χ0n) is 7.40. The Balaban J connectivity index is 2.58. The molecule has 3 nitrogen and oxygen atoms in total. The number of aryl methyl sites for hydroxylation is 1. The van der Waals surface area contributed by atoms with E-state index in [0.29, 0.717) is 6.42 Å². The van der Waals surface area contributed by atoms with E-state index >= 15 is 0 Å². The van der Waals surface area contributed by atoms with E-state index in [1.807, 2.05) is 24.3 Å². The average molecular weight is 197 g/mol. The van der Waals surface area contributed by atoms with Crippen LogP contribution in [0.2, 0.25) is 0 Å². The van der Waals surface area contributed by atoms with E-state index in [1.54, 1.807) is 7.05 Å². The number of benzene rings is 1. The topological polar surface area (TPSA) is 37.4 Å². The van der Waals surface area contributed by atoms with Gasteiger partial charge in [-0.2, -0.15) is 0 Å². The van der Waals surface area contributed by atoms with E-state index in [-0.39, 0.29) is 5.75 Å². The first-order valence-corrected chi connectivity index (χ1v) is 5.77. The molecule has 0 atom stereocenters. The smallest absolute Gasteiger partial charge is 0.235 e. The fraction of sp³-hybridized carbons (Fsp3) is 0.333. The van der Waals surface area contributed by atoms with Gasteiger partial charge in [-0.25, -0.2) is 8.42 Å². The highest BCUT2D eigenvalue weighted by Crippen LogP contribution is 2.27. The summed E-state index contributed by atoms with van der Waals surface area (Å²) in [7, 11) is -1.44. The summed E-state index contributed by atoms with van der Waals surface area (Å²) in [6, 6.07) is 7.60. The molecule has 0 spiro atoms. The molecule has 0 bridgehead atoms. The van der Waals surface area contributed by atoms with Gasteiger partial charge in [0.2, 0.25) is 10.0 Å². The predicted molar refractivity (Wildman–Crippen MR) is 52.3 cm³/mol. The summed E-state index contributed by atoms with van der Waals surface area (Å²) >= 11 is 0. The molecule has 0 N–H and O–H groups in total. The average Bonchev–Trinajstić information content (AvgIpc) is 2.13. The SMILES string of the molecule is CN1c2ccccc2CCS1(=O)=O. The van der Waals surface area contributed by atoms with Crippen molar-refractivity contribution in [3.05, 3.63) is 29.8 Å². The van der Waals surface area contributed by atoms with Crippen LogP contribution >= 0.6 is 0 Å². The molecule has 0 fully saturated rings. The molecule has 0 unspecified atom stereocenters. The van der Waals surface area contributed by atoms with E-state index in [0.717, 1.165) is 11.3 Å². The summed E-state index contributed by atoms with van der Waals surface area (Å²) in [5, 5.41) is 0. The normalized spacial score (nSPS) is 19.6. The van der Waals surface area contributed by atoms with E-state index in [4.69, 9.17) is 0 Å². The molecule has 2 rings (SSSR count). The molecule has 0 radical (unpaired) electrons. The Morgan fingerprint density at radius 3 is 2.77 bits per heavy atom. The Morgan fingerprint density at radius 1 is 1.31 bits per heavy atom. The predicted octanol–water partition coefficient (Wildman–Crippen LogP) is 1.01. The van der Waals surface area contributed by atoms with Crippen molar-refractivity contribution in [2.45, 2.75) is 6.42 Å². The highest BCUT2D eigenvalue weighted by atomic mass is 32.2. The molecule has 4 heteroatoms. The van der Waals surface area contributed by atoms with Crippen molar-refractivity contribution in [2.75, 3.05) is 17.1 Å². The Hall–Kier alpha value is -1.03. The minimum atomic E-state index is -3.04. The second-order valence-electron chi connectivity index (χ2n) is 3.16. The maximum absolute atomic E-state index is 11.5. The molecule has 13 heavy (non-hydrogen) atoms. The van der Waals surface area contributed by atoms with Crippen LogP contribution in [0.5, 0.6) is 0 Å². The number of para-hydroxylation sites is 1. The molecule has 1 aromatic rings. The van der Waals surface area contributed by atoms with E-state index in [1.165, 1.54) is 4.31 Å². The van der Waals surface area contributed by atoms with Gasteiger partial charge in [0.1, 0.15) is 0 Å². The van der Waals surface area contributed by atoms with Crippen LogP contribution in [0.1, 0.15) is 5.56 Å². The molecular formula is C9H11NO2S. The van der Waals surface area contributed by atoms with Gasteiger partial charge in [0, 0.05) is 7.05 Å². The van der Waals surface area contributed by atoms with Crippen molar-refractivity contribution in [3.63, 3.8) is 0 Å². The van der Waals surface area contributed by atoms with Crippen LogP contribution in [-0.2, 0) is 16.4 Å². The van der Waals surface area contributed by atoms with Crippen molar-refractivity contribution in [3.8, 4) is 0 Å². The molecule has 1 aliphatic heterocycles. The number of anilines is 1. The highest BCUT2D eigenvalue weighted by molar-refractivity contribution is 7.92. The van der Waals surface area contributed by atoms with Crippen molar-refractivity contribution in [1.82, 2.24) is 0 Å². The first kappa shape index (κ1) is 8.56. The highest BCUT2D eigenvalue weighted by Gasteiger charge is 2.25. The van der Waals surface area contributed by atoms with E-state index in [2.05, 4.69) is 0 Å². The van der Waals surface area contributed by atoms with Crippen molar-refractivity contribution >= 4 is 15.7 Å². The third kappa shape index (κ3) is 1.31. The van der Waals surface area contributed by atoms with Crippen molar-refractivity contribution in [2.24, 2.45) is 0 Å².